The summed E-state index contributed by atoms with van der Waals surface area (Å²) in [6.07, 6.45) is -1.20. The molecule has 2 aromatic heterocycles. The van der Waals surface area contributed by atoms with E-state index in [2.05, 4.69) is 20.6 Å². The zero-order valence-corrected chi connectivity index (χ0v) is 19.3. The van der Waals surface area contributed by atoms with Crippen molar-refractivity contribution < 1.29 is 25.2 Å². The molecule has 1 saturated carbocycles. The Balaban J connectivity index is 1.73. The van der Waals surface area contributed by atoms with Crippen LogP contribution in [0, 0.1) is 12.8 Å². The summed E-state index contributed by atoms with van der Waals surface area (Å²) in [5.74, 6) is 0.133. The van der Waals surface area contributed by atoms with Crippen molar-refractivity contribution in [1.82, 2.24) is 15.0 Å². The lowest BCUT2D eigenvalue weighted by Crippen LogP contribution is -2.48. The second-order valence-electron chi connectivity index (χ2n) is 8.31. The van der Waals surface area contributed by atoms with E-state index in [-0.39, 0.29) is 32.1 Å². The molecule has 0 saturated heterocycles. The van der Waals surface area contributed by atoms with Gasteiger partial charge in [-0.2, -0.15) is 4.98 Å². The lowest BCUT2D eigenvalue weighted by Gasteiger charge is -2.31. The van der Waals surface area contributed by atoms with Gasteiger partial charge in [0, 0.05) is 26.2 Å². The van der Waals surface area contributed by atoms with Crippen LogP contribution < -0.4 is 10.6 Å². The van der Waals surface area contributed by atoms with Gasteiger partial charge in [-0.1, -0.05) is 12.1 Å². The average Bonchev–Trinajstić information content (AvgIpc) is 3.33. The molecule has 33 heavy (non-hydrogen) atoms. The number of aliphatic hydroxyl groups excluding tert-OH is 3. The Hall–Kier alpha value is -2.41. The number of thiazole rings is 1. The molecule has 4 rings (SSSR count). The SMILES string of the molecule is COCC(O)CNc1nc(C)c(-c2nc3ccccc3s2)c(N[C@@]2(O)CC[C@H](CO)[C@H]2O)n1. The molecule has 3 aromatic rings. The molecule has 4 atom stereocenters. The number of hydrogen-bond donors (Lipinski definition) is 6. The first-order valence-corrected chi connectivity index (χ1v) is 11.6. The summed E-state index contributed by atoms with van der Waals surface area (Å²) in [7, 11) is 1.51. The van der Waals surface area contributed by atoms with Gasteiger partial charge in [-0.3, -0.25) is 0 Å². The van der Waals surface area contributed by atoms with Crippen molar-refractivity contribution in [2.24, 2.45) is 5.92 Å². The first kappa shape index (κ1) is 23.7. The number of anilines is 2. The highest BCUT2D eigenvalue weighted by Gasteiger charge is 2.47. The van der Waals surface area contributed by atoms with Gasteiger partial charge >= 0.3 is 0 Å². The number of aromatic nitrogens is 3. The van der Waals surface area contributed by atoms with Gasteiger partial charge in [-0.15, -0.1) is 11.3 Å². The zero-order valence-electron chi connectivity index (χ0n) is 18.5. The molecule has 0 spiro atoms. The van der Waals surface area contributed by atoms with Crippen LogP contribution in [-0.4, -0.2) is 80.2 Å². The second kappa shape index (κ2) is 9.84. The maximum Gasteiger partial charge on any atom is 0.224 e. The maximum atomic E-state index is 11.2. The van der Waals surface area contributed by atoms with Crippen molar-refractivity contribution in [3.05, 3.63) is 30.0 Å². The Morgan fingerprint density at radius 2 is 2.06 bits per heavy atom. The number of para-hydroxylation sites is 1. The van der Waals surface area contributed by atoms with Gasteiger partial charge in [0.25, 0.3) is 0 Å². The second-order valence-corrected chi connectivity index (χ2v) is 9.34. The minimum absolute atomic E-state index is 0.162. The topological polar surface area (TPSA) is 153 Å². The van der Waals surface area contributed by atoms with Gasteiger partial charge < -0.3 is 35.8 Å². The van der Waals surface area contributed by atoms with E-state index >= 15 is 0 Å². The van der Waals surface area contributed by atoms with E-state index in [1.165, 1.54) is 18.4 Å². The molecule has 2 heterocycles. The van der Waals surface area contributed by atoms with Crippen molar-refractivity contribution >= 4 is 33.3 Å². The molecule has 1 aromatic carbocycles. The van der Waals surface area contributed by atoms with Crippen molar-refractivity contribution in [3.8, 4) is 10.6 Å². The molecule has 0 radical (unpaired) electrons. The number of aliphatic hydroxyl groups is 4. The van der Waals surface area contributed by atoms with Crippen molar-refractivity contribution in [2.45, 2.75) is 37.7 Å². The smallest absolute Gasteiger partial charge is 0.224 e. The molecule has 1 aliphatic rings. The molecule has 11 heteroatoms. The number of ether oxygens (including phenoxy) is 1. The van der Waals surface area contributed by atoms with Crippen LogP contribution in [0.3, 0.4) is 0 Å². The Kier molecular flexibility index (Phi) is 7.07. The highest BCUT2D eigenvalue weighted by molar-refractivity contribution is 7.21. The summed E-state index contributed by atoms with van der Waals surface area (Å²) in [4.78, 5) is 13.8. The predicted molar refractivity (Wildman–Crippen MR) is 126 cm³/mol. The van der Waals surface area contributed by atoms with Gasteiger partial charge in [0.2, 0.25) is 5.95 Å². The van der Waals surface area contributed by atoms with Crippen LogP contribution in [0.1, 0.15) is 18.5 Å². The van der Waals surface area contributed by atoms with E-state index in [0.717, 1.165) is 10.2 Å². The van der Waals surface area contributed by atoms with Crippen LogP contribution in [0.15, 0.2) is 24.3 Å². The number of nitrogens with one attached hydrogen (secondary N) is 2. The van der Waals surface area contributed by atoms with Crippen LogP contribution in [0.2, 0.25) is 0 Å². The fourth-order valence-electron chi connectivity index (χ4n) is 4.07. The molecule has 1 unspecified atom stereocenters. The largest absolute Gasteiger partial charge is 0.396 e. The third-order valence-corrected chi connectivity index (χ3v) is 6.91. The van der Waals surface area contributed by atoms with E-state index < -0.39 is 23.9 Å². The molecule has 178 valence electrons. The monoisotopic (exact) mass is 475 g/mol. The lowest BCUT2D eigenvalue weighted by atomic mass is 10.0. The van der Waals surface area contributed by atoms with Gasteiger partial charge in [0.1, 0.15) is 16.9 Å². The van der Waals surface area contributed by atoms with Crippen LogP contribution >= 0.6 is 11.3 Å². The molecule has 0 aliphatic heterocycles. The highest BCUT2D eigenvalue weighted by atomic mass is 32.1. The van der Waals surface area contributed by atoms with Crippen LogP contribution in [0.4, 0.5) is 11.8 Å². The van der Waals surface area contributed by atoms with E-state index in [9.17, 15) is 20.4 Å². The Bertz CT molecular complexity index is 1080. The van der Waals surface area contributed by atoms with E-state index in [4.69, 9.17) is 9.72 Å². The minimum atomic E-state index is -1.66. The Morgan fingerprint density at radius 3 is 2.76 bits per heavy atom. The third-order valence-electron chi connectivity index (χ3n) is 5.85. The van der Waals surface area contributed by atoms with Crippen molar-refractivity contribution in [1.29, 1.82) is 0 Å². The quantitative estimate of drug-likeness (QED) is 0.250. The zero-order chi connectivity index (χ0) is 23.6. The molecule has 0 bridgehead atoms. The van der Waals surface area contributed by atoms with Gasteiger partial charge in [-0.05, 0) is 31.9 Å². The molecule has 1 aliphatic carbocycles. The summed E-state index contributed by atoms with van der Waals surface area (Å²) < 4.78 is 5.95. The van der Waals surface area contributed by atoms with Crippen LogP contribution in [-0.2, 0) is 4.74 Å². The number of fused-ring (bicyclic) bond motifs is 1. The standard InChI is InChI=1S/C22H29N5O5S/c1-12-17(20-25-15-5-3-4-6-16(15)33-20)19(26-21(24-12)23-9-14(29)11-32-2)27-22(31)8-7-13(10-28)18(22)30/h3-6,13-14,18,28-31H,7-11H2,1-2H3,(H2,23,24,26,27)/t13-,14?,18-,22-/m1/s1. The van der Waals surface area contributed by atoms with Crippen LogP contribution in [0.25, 0.3) is 20.8 Å². The fourth-order valence-corrected chi connectivity index (χ4v) is 5.14. The summed E-state index contributed by atoms with van der Waals surface area (Å²) >= 11 is 1.48. The fraction of sp³-hybridized carbons (Fsp3) is 0.500. The Morgan fingerprint density at radius 1 is 1.27 bits per heavy atom. The van der Waals surface area contributed by atoms with E-state index in [1.807, 2.05) is 31.2 Å². The first-order valence-electron chi connectivity index (χ1n) is 10.8. The highest BCUT2D eigenvalue weighted by Crippen LogP contribution is 2.40. The van der Waals surface area contributed by atoms with Crippen LogP contribution in [0.5, 0.6) is 0 Å². The summed E-state index contributed by atoms with van der Waals surface area (Å²) in [6.45, 7) is 1.93. The van der Waals surface area contributed by atoms with E-state index in [1.54, 1.807) is 0 Å². The van der Waals surface area contributed by atoms with Gasteiger partial charge in [-0.25, -0.2) is 9.97 Å². The number of benzene rings is 1. The number of methoxy groups -OCH3 is 1. The molecular weight excluding hydrogens is 446 g/mol. The van der Waals surface area contributed by atoms with Crippen molar-refractivity contribution in [3.63, 3.8) is 0 Å². The predicted octanol–water partition coefficient (Wildman–Crippen LogP) is 1.34. The minimum Gasteiger partial charge on any atom is -0.396 e. The molecular formula is C22H29N5O5S. The summed E-state index contributed by atoms with van der Waals surface area (Å²) in [6, 6.07) is 7.76. The number of rotatable bonds is 9. The normalized spacial score (nSPS) is 23.7. The average molecular weight is 476 g/mol. The number of hydrogen-bond acceptors (Lipinski definition) is 11. The number of nitrogens with zero attached hydrogens (tertiary/aromatic N) is 3. The molecule has 6 N–H and O–H groups in total. The maximum absolute atomic E-state index is 11.2. The number of aryl methyl sites for hydroxylation is 1. The van der Waals surface area contributed by atoms with Gasteiger partial charge in [0.15, 0.2) is 5.72 Å². The molecule has 10 nitrogen and oxygen atoms in total. The van der Waals surface area contributed by atoms with E-state index in [0.29, 0.717) is 28.5 Å². The lowest BCUT2D eigenvalue weighted by molar-refractivity contribution is -0.0545. The first-order chi connectivity index (χ1) is 15.8. The molecule has 1 fully saturated rings. The van der Waals surface area contributed by atoms with Crippen molar-refractivity contribution in [2.75, 3.05) is 37.5 Å². The molecule has 0 amide bonds. The summed E-state index contributed by atoms with van der Waals surface area (Å²) in [5, 5.41) is 48.0. The summed E-state index contributed by atoms with van der Waals surface area (Å²) in [5.41, 5.74) is 0.414. The van der Waals surface area contributed by atoms with Gasteiger partial charge in [0.05, 0.1) is 34.2 Å². The third kappa shape index (κ3) is 4.93. The Labute approximate surface area is 195 Å².